The number of carbonyl (C=O) groups excluding carboxylic acids is 1. The lowest BCUT2D eigenvalue weighted by Crippen LogP contribution is -2.54. The molecule has 1 aliphatic rings. The second kappa shape index (κ2) is 5.99. The van der Waals surface area contributed by atoms with Crippen LogP contribution in [0.3, 0.4) is 0 Å². The summed E-state index contributed by atoms with van der Waals surface area (Å²) in [5.74, 6) is -1.06. The summed E-state index contributed by atoms with van der Waals surface area (Å²) < 4.78 is 0. The van der Waals surface area contributed by atoms with E-state index in [-0.39, 0.29) is 6.54 Å². The molecule has 1 saturated carbocycles. The Bertz CT molecular complexity index is 370. The van der Waals surface area contributed by atoms with Gasteiger partial charge >= 0.3 is 12.0 Å². The molecule has 6 heteroatoms. The van der Waals surface area contributed by atoms with Crippen LogP contribution in [-0.2, 0) is 4.79 Å². The highest BCUT2D eigenvalue weighted by molar-refractivity contribution is 5.83. The Balaban J connectivity index is 2.62. The summed E-state index contributed by atoms with van der Waals surface area (Å²) in [7, 11) is 1.58. The van der Waals surface area contributed by atoms with Gasteiger partial charge in [-0.15, -0.1) is 0 Å². The van der Waals surface area contributed by atoms with Gasteiger partial charge in [0.1, 0.15) is 6.04 Å². The molecular formula is C14H26N2O4. The van der Waals surface area contributed by atoms with Gasteiger partial charge in [0.2, 0.25) is 0 Å². The highest BCUT2D eigenvalue weighted by atomic mass is 16.4. The number of carboxylic acid groups (broad SMARTS) is 1. The number of aliphatic hydroxyl groups is 1. The van der Waals surface area contributed by atoms with E-state index in [2.05, 4.69) is 5.32 Å². The average Bonchev–Trinajstić information content (AvgIpc) is 2.70. The number of carboxylic acids is 1. The quantitative estimate of drug-likeness (QED) is 0.729. The third-order valence-electron chi connectivity index (χ3n) is 3.79. The molecule has 0 bridgehead atoms. The summed E-state index contributed by atoms with van der Waals surface area (Å²) in [6.07, 6.45) is 3.30. The monoisotopic (exact) mass is 286 g/mol. The standard InChI is InChI=1S/C14H26N2O4/c1-13(2,3)10(11(17)18)15-12(19)16(4)9-14(20)7-5-6-8-14/h10,20H,5-9H2,1-4H3,(H,15,19)(H,17,18). The van der Waals surface area contributed by atoms with Crippen molar-refractivity contribution < 1.29 is 19.8 Å². The molecule has 2 amide bonds. The van der Waals surface area contributed by atoms with Gasteiger partial charge < -0.3 is 20.4 Å². The number of hydrogen-bond donors (Lipinski definition) is 3. The number of amides is 2. The van der Waals surface area contributed by atoms with Crippen LogP contribution in [0.2, 0.25) is 0 Å². The first-order valence-corrected chi connectivity index (χ1v) is 7.02. The number of nitrogens with one attached hydrogen (secondary N) is 1. The van der Waals surface area contributed by atoms with Gasteiger partial charge in [0, 0.05) is 7.05 Å². The van der Waals surface area contributed by atoms with Crippen molar-refractivity contribution in [1.82, 2.24) is 10.2 Å². The van der Waals surface area contributed by atoms with Crippen molar-refractivity contribution in [2.75, 3.05) is 13.6 Å². The molecule has 1 atom stereocenters. The van der Waals surface area contributed by atoms with E-state index in [0.29, 0.717) is 12.8 Å². The van der Waals surface area contributed by atoms with E-state index in [0.717, 1.165) is 12.8 Å². The van der Waals surface area contributed by atoms with Crippen molar-refractivity contribution >= 4 is 12.0 Å². The zero-order valence-corrected chi connectivity index (χ0v) is 12.8. The molecule has 0 aromatic rings. The van der Waals surface area contributed by atoms with Crippen LogP contribution in [0.5, 0.6) is 0 Å². The third-order valence-corrected chi connectivity index (χ3v) is 3.79. The van der Waals surface area contributed by atoms with E-state index < -0.39 is 29.1 Å². The molecule has 20 heavy (non-hydrogen) atoms. The van der Waals surface area contributed by atoms with Gasteiger partial charge in [0.05, 0.1) is 12.1 Å². The Kier molecular flexibility index (Phi) is 5.02. The molecular weight excluding hydrogens is 260 g/mol. The zero-order chi connectivity index (χ0) is 15.6. The first-order valence-electron chi connectivity index (χ1n) is 7.02. The number of carbonyl (C=O) groups is 2. The minimum Gasteiger partial charge on any atom is -0.480 e. The van der Waals surface area contributed by atoms with Crippen molar-refractivity contribution in [3.63, 3.8) is 0 Å². The van der Waals surface area contributed by atoms with Crippen molar-refractivity contribution in [3.05, 3.63) is 0 Å². The molecule has 0 aliphatic heterocycles. The number of urea groups is 1. The van der Waals surface area contributed by atoms with Crippen LogP contribution in [-0.4, -0.2) is 52.3 Å². The van der Waals surface area contributed by atoms with Gasteiger partial charge in [-0.2, -0.15) is 0 Å². The Morgan fingerprint density at radius 1 is 1.30 bits per heavy atom. The molecule has 1 aliphatic carbocycles. The van der Waals surface area contributed by atoms with Gasteiger partial charge in [-0.1, -0.05) is 33.6 Å². The minimum atomic E-state index is -1.06. The van der Waals surface area contributed by atoms with Crippen LogP contribution in [0.1, 0.15) is 46.5 Å². The third kappa shape index (κ3) is 4.37. The summed E-state index contributed by atoms with van der Waals surface area (Å²) in [5.41, 5.74) is -1.40. The van der Waals surface area contributed by atoms with Gasteiger partial charge in [-0.3, -0.25) is 0 Å². The smallest absolute Gasteiger partial charge is 0.326 e. The SMILES string of the molecule is CN(CC1(O)CCCC1)C(=O)NC(C(=O)O)C(C)(C)C. The molecule has 0 radical (unpaired) electrons. The summed E-state index contributed by atoms with van der Waals surface area (Å²) in [4.78, 5) is 24.7. The molecule has 0 saturated heterocycles. The van der Waals surface area contributed by atoms with E-state index >= 15 is 0 Å². The number of aliphatic carboxylic acids is 1. The molecule has 1 rings (SSSR count). The molecule has 6 nitrogen and oxygen atoms in total. The normalized spacial score (nSPS) is 19.4. The molecule has 0 heterocycles. The van der Waals surface area contributed by atoms with Crippen LogP contribution in [0, 0.1) is 5.41 Å². The first-order chi connectivity index (χ1) is 9.05. The maximum atomic E-state index is 12.1. The lowest BCUT2D eigenvalue weighted by atomic mass is 9.87. The second-order valence-corrected chi connectivity index (χ2v) is 6.87. The van der Waals surface area contributed by atoms with E-state index in [1.54, 1.807) is 27.8 Å². The molecule has 0 aromatic heterocycles. The van der Waals surface area contributed by atoms with Crippen molar-refractivity contribution in [1.29, 1.82) is 0 Å². The summed E-state index contributed by atoms with van der Waals surface area (Å²) in [5, 5.41) is 22.0. The highest BCUT2D eigenvalue weighted by Gasteiger charge is 2.36. The first kappa shape index (κ1) is 16.8. The Morgan fingerprint density at radius 3 is 2.20 bits per heavy atom. The molecule has 0 spiro atoms. The minimum absolute atomic E-state index is 0.231. The topological polar surface area (TPSA) is 89.9 Å². The Labute approximate surface area is 120 Å². The molecule has 3 N–H and O–H groups in total. The summed E-state index contributed by atoms with van der Waals surface area (Å²) in [6.45, 7) is 5.51. The van der Waals surface area contributed by atoms with Crippen molar-refractivity contribution in [2.24, 2.45) is 5.41 Å². The number of nitrogens with zero attached hydrogens (tertiary/aromatic N) is 1. The maximum absolute atomic E-state index is 12.1. The maximum Gasteiger partial charge on any atom is 0.326 e. The van der Waals surface area contributed by atoms with Crippen LogP contribution < -0.4 is 5.32 Å². The molecule has 0 aromatic carbocycles. The summed E-state index contributed by atoms with van der Waals surface area (Å²) >= 11 is 0. The fraction of sp³-hybridized carbons (Fsp3) is 0.857. The van der Waals surface area contributed by atoms with Crippen LogP contribution in [0.15, 0.2) is 0 Å². The van der Waals surface area contributed by atoms with Crippen LogP contribution in [0.25, 0.3) is 0 Å². The number of rotatable bonds is 4. The summed E-state index contributed by atoms with van der Waals surface area (Å²) in [6, 6.07) is -1.43. The fourth-order valence-corrected chi connectivity index (χ4v) is 2.59. The zero-order valence-electron chi connectivity index (χ0n) is 12.8. The van der Waals surface area contributed by atoms with Gasteiger partial charge in [-0.25, -0.2) is 9.59 Å². The largest absolute Gasteiger partial charge is 0.480 e. The van der Waals surface area contributed by atoms with Crippen molar-refractivity contribution in [2.45, 2.75) is 58.1 Å². The predicted molar refractivity (Wildman–Crippen MR) is 75.5 cm³/mol. The lowest BCUT2D eigenvalue weighted by molar-refractivity contribution is -0.142. The van der Waals surface area contributed by atoms with Gasteiger partial charge in [-0.05, 0) is 18.3 Å². The van der Waals surface area contributed by atoms with E-state index in [1.807, 2.05) is 0 Å². The molecule has 1 fully saturated rings. The Hall–Kier alpha value is -1.30. The van der Waals surface area contributed by atoms with E-state index in [9.17, 15) is 19.8 Å². The average molecular weight is 286 g/mol. The van der Waals surface area contributed by atoms with Crippen LogP contribution in [0.4, 0.5) is 4.79 Å². The van der Waals surface area contributed by atoms with E-state index in [4.69, 9.17) is 0 Å². The Morgan fingerprint density at radius 2 is 1.80 bits per heavy atom. The van der Waals surface area contributed by atoms with Gasteiger partial charge in [0.15, 0.2) is 0 Å². The lowest BCUT2D eigenvalue weighted by Gasteiger charge is -2.32. The van der Waals surface area contributed by atoms with E-state index in [1.165, 1.54) is 4.90 Å². The fourth-order valence-electron chi connectivity index (χ4n) is 2.59. The highest BCUT2D eigenvalue weighted by Crippen LogP contribution is 2.30. The van der Waals surface area contributed by atoms with Crippen molar-refractivity contribution in [3.8, 4) is 0 Å². The predicted octanol–water partition coefficient (Wildman–Crippen LogP) is 1.43. The van der Waals surface area contributed by atoms with Gasteiger partial charge in [0.25, 0.3) is 0 Å². The molecule has 1 unspecified atom stereocenters. The molecule has 116 valence electrons. The number of likely N-dealkylation sites (N-methyl/N-ethyl adjacent to an activating group) is 1. The second-order valence-electron chi connectivity index (χ2n) is 6.87. The number of hydrogen-bond acceptors (Lipinski definition) is 3. The van der Waals surface area contributed by atoms with Crippen LogP contribution >= 0.6 is 0 Å².